The number of rotatable bonds is 6. The van der Waals surface area contributed by atoms with Gasteiger partial charge in [-0.2, -0.15) is 13.2 Å². The van der Waals surface area contributed by atoms with E-state index in [4.69, 9.17) is 16.3 Å². The third-order valence-corrected chi connectivity index (χ3v) is 5.66. The molecule has 6 nitrogen and oxygen atoms in total. The molecule has 0 bridgehead atoms. The van der Waals surface area contributed by atoms with Gasteiger partial charge in [0, 0.05) is 23.8 Å². The molecule has 0 fully saturated rings. The number of carbonyl (C=O) groups excluding carboxylic acids is 1. The highest BCUT2D eigenvalue weighted by molar-refractivity contribution is 6.30. The number of halogens is 4. The molecule has 0 atom stereocenters. The van der Waals surface area contributed by atoms with Crippen molar-refractivity contribution in [2.45, 2.75) is 26.2 Å². The van der Waals surface area contributed by atoms with Gasteiger partial charge in [0.15, 0.2) is 0 Å². The maximum Gasteiger partial charge on any atom is 0.431 e. The van der Waals surface area contributed by atoms with Crippen LogP contribution in [0, 0.1) is 6.92 Å². The zero-order chi connectivity index (χ0) is 25.9. The van der Waals surface area contributed by atoms with Crippen LogP contribution in [0.5, 0.6) is 5.88 Å². The van der Waals surface area contributed by atoms with Crippen LogP contribution >= 0.6 is 11.6 Å². The summed E-state index contributed by atoms with van der Waals surface area (Å²) in [7, 11) is 1.47. The number of amides is 1. The summed E-state index contributed by atoms with van der Waals surface area (Å²) in [6, 6.07) is 15.9. The van der Waals surface area contributed by atoms with Crippen molar-refractivity contribution in [3.8, 4) is 17.0 Å². The molecule has 4 rings (SSSR count). The molecule has 186 valence electrons. The van der Waals surface area contributed by atoms with Crippen LogP contribution in [-0.4, -0.2) is 32.6 Å². The van der Waals surface area contributed by atoms with E-state index in [1.54, 1.807) is 67.7 Å². The number of hydrogen-bond acceptors (Lipinski definition) is 4. The quantitative estimate of drug-likeness (QED) is 0.291. The van der Waals surface area contributed by atoms with Crippen molar-refractivity contribution in [3.05, 3.63) is 101 Å². The fraction of sp³-hybridized carbons (Fsp3) is 0.192. The fourth-order valence-corrected chi connectivity index (χ4v) is 3.73. The van der Waals surface area contributed by atoms with E-state index < -0.39 is 18.0 Å². The molecule has 0 unspecified atom stereocenters. The molecule has 0 aliphatic carbocycles. The van der Waals surface area contributed by atoms with Gasteiger partial charge in [-0.05, 0) is 36.2 Å². The zero-order valence-corrected chi connectivity index (χ0v) is 20.2. The van der Waals surface area contributed by atoms with Crippen LogP contribution in [0.1, 0.15) is 22.6 Å². The molecule has 2 aromatic heterocycles. The maximum absolute atomic E-state index is 14.1. The van der Waals surface area contributed by atoms with Gasteiger partial charge in [0.25, 0.3) is 0 Å². The molecule has 0 saturated carbocycles. The van der Waals surface area contributed by atoms with Gasteiger partial charge in [-0.3, -0.25) is 9.97 Å². The average molecular weight is 515 g/mol. The molecule has 2 aromatic carbocycles. The summed E-state index contributed by atoms with van der Waals surface area (Å²) < 4.78 is 49.0. The van der Waals surface area contributed by atoms with Crippen molar-refractivity contribution in [3.63, 3.8) is 0 Å². The Morgan fingerprint density at radius 3 is 2.36 bits per heavy atom. The Hall–Kier alpha value is -3.85. The van der Waals surface area contributed by atoms with Crippen LogP contribution in [0.15, 0.2) is 73.1 Å². The molecule has 4 aromatic rings. The number of hydrogen-bond donors (Lipinski definition) is 0. The highest BCUT2D eigenvalue weighted by atomic mass is 35.5. The first-order chi connectivity index (χ1) is 17.1. The number of aryl methyl sites for hydroxylation is 1. The Balaban J connectivity index is 1.76. The van der Waals surface area contributed by atoms with Crippen molar-refractivity contribution in [2.24, 2.45) is 0 Å². The lowest BCUT2D eigenvalue weighted by atomic mass is 10.1. The Kier molecular flexibility index (Phi) is 7.30. The Bertz CT molecular complexity index is 1340. The Morgan fingerprint density at radius 1 is 1.06 bits per heavy atom. The first-order valence-electron chi connectivity index (χ1n) is 10.9. The van der Waals surface area contributed by atoms with Gasteiger partial charge in [0.1, 0.15) is 5.69 Å². The number of carbonyl (C=O) groups is 1. The van der Waals surface area contributed by atoms with E-state index in [0.29, 0.717) is 21.8 Å². The maximum atomic E-state index is 14.1. The number of alkyl halides is 3. The van der Waals surface area contributed by atoms with E-state index in [-0.39, 0.29) is 24.5 Å². The second-order valence-corrected chi connectivity index (χ2v) is 8.63. The average Bonchev–Trinajstić information content (AvgIpc) is 3.20. The molecule has 0 aliphatic rings. The molecule has 1 amide bonds. The van der Waals surface area contributed by atoms with Gasteiger partial charge >= 0.3 is 12.3 Å². The lowest BCUT2D eigenvalue weighted by Gasteiger charge is -2.19. The van der Waals surface area contributed by atoms with E-state index >= 15 is 0 Å². The lowest BCUT2D eigenvalue weighted by Crippen LogP contribution is -2.30. The minimum absolute atomic E-state index is 0.0634. The van der Waals surface area contributed by atoms with Crippen molar-refractivity contribution in [2.75, 3.05) is 7.05 Å². The van der Waals surface area contributed by atoms with Crippen LogP contribution in [0.2, 0.25) is 5.02 Å². The van der Waals surface area contributed by atoms with Crippen LogP contribution in [-0.2, 0) is 19.3 Å². The first-order valence-corrected chi connectivity index (χ1v) is 11.3. The normalized spacial score (nSPS) is 11.4. The van der Waals surface area contributed by atoms with E-state index in [9.17, 15) is 18.0 Å². The van der Waals surface area contributed by atoms with Crippen LogP contribution in [0.25, 0.3) is 11.1 Å². The predicted molar refractivity (Wildman–Crippen MR) is 130 cm³/mol. The largest absolute Gasteiger partial charge is 0.431 e. The summed E-state index contributed by atoms with van der Waals surface area (Å²) in [5.74, 6) is -0.222. The molecule has 0 spiro atoms. The monoisotopic (exact) mass is 514 g/mol. The molecule has 0 radical (unpaired) electrons. The summed E-state index contributed by atoms with van der Waals surface area (Å²) in [6.45, 7) is 1.69. The minimum Gasteiger partial charge on any atom is -0.392 e. The number of benzene rings is 2. The topological polar surface area (TPSA) is 60.3 Å². The molecule has 2 heterocycles. The van der Waals surface area contributed by atoms with Gasteiger partial charge in [-0.15, -0.1) is 0 Å². The summed E-state index contributed by atoms with van der Waals surface area (Å²) in [5, 5.41) is 0.427. The SMILES string of the molecule is Cc1cnc(CN(C)C(=O)Oc2c(-c3ccc(Cl)cc3)cc(C(F)(F)F)n2Cc2ccccc2)cn1. The van der Waals surface area contributed by atoms with E-state index in [2.05, 4.69) is 9.97 Å². The smallest absolute Gasteiger partial charge is 0.392 e. The molecular weight excluding hydrogens is 493 g/mol. The summed E-state index contributed by atoms with van der Waals surface area (Å²) in [5.41, 5.74) is 1.44. The molecule has 0 saturated heterocycles. The predicted octanol–water partition coefficient (Wildman–Crippen LogP) is 6.60. The second kappa shape index (κ2) is 10.4. The van der Waals surface area contributed by atoms with E-state index in [0.717, 1.165) is 16.3 Å². The molecular formula is C26H22ClF3N4O2. The van der Waals surface area contributed by atoms with Crippen molar-refractivity contribution in [1.29, 1.82) is 0 Å². The number of aromatic nitrogens is 3. The van der Waals surface area contributed by atoms with Gasteiger partial charge in [-0.25, -0.2) is 4.79 Å². The second-order valence-electron chi connectivity index (χ2n) is 8.20. The van der Waals surface area contributed by atoms with E-state index in [1.807, 2.05) is 0 Å². The van der Waals surface area contributed by atoms with Gasteiger partial charge < -0.3 is 14.2 Å². The van der Waals surface area contributed by atoms with Crippen molar-refractivity contribution in [1.82, 2.24) is 19.4 Å². The van der Waals surface area contributed by atoms with Crippen LogP contribution < -0.4 is 4.74 Å². The molecule has 10 heteroatoms. The lowest BCUT2D eigenvalue weighted by molar-refractivity contribution is -0.143. The zero-order valence-electron chi connectivity index (χ0n) is 19.5. The summed E-state index contributed by atoms with van der Waals surface area (Å²) in [4.78, 5) is 22.6. The summed E-state index contributed by atoms with van der Waals surface area (Å²) in [6.07, 6.45) is -2.44. The number of nitrogens with zero attached hydrogens (tertiary/aromatic N) is 4. The molecule has 0 N–H and O–H groups in total. The van der Waals surface area contributed by atoms with E-state index in [1.165, 1.54) is 18.1 Å². The Labute approximate surface area is 210 Å². The van der Waals surface area contributed by atoms with Gasteiger partial charge in [-0.1, -0.05) is 54.1 Å². The first kappa shape index (κ1) is 25.2. The standard InChI is InChI=1S/C26H22ClF3N4O2/c1-17-13-32-21(14-31-17)16-33(2)25(35)36-24-22(19-8-10-20(27)11-9-19)12-23(26(28,29)30)34(24)15-18-6-4-3-5-7-18/h3-14H,15-16H2,1-2H3. The molecule has 0 aliphatic heterocycles. The number of ether oxygens (including phenoxy) is 1. The third kappa shape index (κ3) is 5.85. The van der Waals surface area contributed by atoms with Crippen molar-refractivity contribution < 1.29 is 22.7 Å². The van der Waals surface area contributed by atoms with Gasteiger partial charge in [0.05, 0.1) is 30.7 Å². The van der Waals surface area contributed by atoms with Crippen LogP contribution in [0.3, 0.4) is 0 Å². The highest BCUT2D eigenvalue weighted by Gasteiger charge is 2.38. The third-order valence-electron chi connectivity index (χ3n) is 5.41. The summed E-state index contributed by atoms with van der Waals surface area (Å²) >= 11 is 5.98. The highest BCUT2D eigenvalue weighted by Crippen LogP contribution is 2.41. The van der Waals surface area contributed by atoms with Crippen molar-refractivity contribution >= 4 is 17.7 Å². The molecule has 36 heavy (non-hydrogen) atoms. The van der Waals surface area contributed by atoms with Crippen LogP contribution in [0.4, 0.5) is 18.0 Å². The van der Waals surface area contributed by atoms with Gasteiger partial charge in [0.2, 0.25) is 5.88 Å². The minimum atomic E-state index is -4.69. The Morgan fingerprint density at radius 2 is 1.75 bits per heavy atom. The fourth-order valence-electron chi connectivity index (χ4n) is 3.60.